The summed E-state index contributed by atoms with van der Waals surface area (Å²) in [6, 6.07) is 8.93. The van der Waals surface area contributed by atoms with Crippen LogP contribution in [0.2, 0.25) is 0 Å². The monoisotopic (exact) mass is 229 g/mol. The highest BCUT2D eigenvalue weighted by Gasteiger charge is 2.10. The number of hydrogen-bond acceptors (Lipinski definition) is 1. The van der Waals surface area contributed by atoms with Gasteiger partial charge < -0.3 is 5.11 Å². The van der Waals surface area contributed by atoms with Crippen molar-refractivity contribution in [2.45, 2.75) is 0 Å². The second kappa shape index (κ2) is 4.11. The number of carboxylic acid groups (broad SMARTS) is 1. The molecule has 0 atom stereocenters. The lowest BCUT2D eigenvalue weighted by Crippen LogP contribution is -2.27. The van der Waals surface area contributed by atoms with E-state index in [-0.39, 0.29) is 5.45 Å². The first-order valence-corrected chi connectivity index (χ1v) is 4.49. The predicted molar refractivity (Wildman–Crippen MR) is 50.7 cm³/mol. The lowest BCUT2D eigenvalue weighted by Gasteiger charge is -2.15. The molecule has 0 heterocycles. The molecule has 0 fully saturated rings. The number of nitrogens with zero attached hydrogens (tertiary/aromatic N) is 1. The van der Waals surface area contributed by atoms with Gasteiger partial charge in [0.2, 0.25) is 0 Å². The Morgan fingerprint density at radius 1 is 1.42 bits per heavy atom. The summed E-state index contributed by atoms with van der Waals surface area (Å²) in [6.07, 6.45) is -0.960. The Labute approximate surface area is 78.7 Å². The van der Waals surface area contributed by atoms with Crippen LogP contribution in [0.1, 0.15) is 0 Å². The first-order chi connectivity index (χ1) is 5.75. The Hall–Kier alpha value is -1.03. The maximum absolute atomic E-state index is 10.6. The Bertz CT molecular complexity index is 263. The van der Waals surface area contributed by atoms with E-state index in [2.05, 4.69) is 15.9 Å². The summed E-state index contributed by atoms with van der Waals surface area (Å²) < 4.78 is 0. The molecular formula is C8H8BrNO2. The molecule has 0 radical (unpaired) electrons. The molecule has 0 spiro atoms. The fourth-order valence-corrected chi connectivity index (χ4v) is 1.34. The van der Waals surface area contributed by atoms with Gasteiger partial charge in [-0.25, -0.2) is 4.79 Å². The molecule has 4 heteroatoms. The van der Waals surface area contributed by atoms with Gasteiger partial charge in [0, 0.05) is 5.69 Å². The summed E-state index contributed by atoms with van der Waals surface area (Å²) >= 11 is 3.10. The van der Waals surface area contributed by atoms with Gasteiger partial charge in [0.05, 0.1) is 5.45 Å². The average molecular weight is 230 g/mol. The number of benzene rings is 1. The van der Waals surface area contributed by atoms with E-state index in [0.717, 1.165) is 0 Å². The van der Waals surface area contributed by atoms with Crippen molar-refractivity contribution in [3.05, 3.63) is 30.3 Å². The molecule has 0 saturated heterocycles. The molecule has 0 aliphatic rings. The van der Waals surface area contributed by atoms with Gasteiger partial charge in [-0.1, -0.05) is 34.1 Å². The second-order valence-corrected chi connectivity index (χ2v) is 2.67. The maximum atomic E-state index is 10.6. The molecule has 1 aromatic carbocycles. The minimum absolute atomic E-state index is 0.284. The zero-order valence-corrected chi connectivity index (χ0v) is 7.86. The smallest absolute Gasteiger partial charge is 0.412 e. The van der Waals surface area contributed by atoms with Gasteiger partial charge in [-0.05, 0) is 12.1 Å². The van der Waals surface area contributed by atoms with Crippen molar-refractivity contribution in [2.75, 3.05) is 10.4 Å². The minimum Gasteiger partial charge on any atom is -0.465 e. The van der Waals surface area contributed by atoms with Crippen LogP contribution in [-0.4, -0.2) is 16.7 Å². The van der Waals surface area contributed by atoms with E-state index in [9.17, 15) is 4.79 Å². The van der Waals surface area contributed by atoms with Crippen LogP contribution in [0.3, 0.4) is 0 Å². The number of amides is 1. The lowest BCUT2D eigenvalue weighted by molar-refractivity contribution is 0.203. The van der Waals surface area contributed by atoms with Crippen LogP contribution >= 0.6 is 15.9 Å². The Morgan fingerprint density at radius 2 is 2.00 bits per heavy atom. The number of para-hydroxylation sites is 1. The van der Waals surface area contributed by atoms with E-state index in [1.54, 1.807) is 24.3 Å². The highest BCUT2D eigenvalue weighted by Crippen LogP contribution is 2.13. The summed E-state index contributed by atoms with van der Waals surface area (Å²) in [6.45, 7) is 0. The molecule has 1 rings (SSSR count). The Kier molecular flexibility index (Phi) is 3.10. The maximum Gasteiger partial charge on any atom is 0.412 e. The SMILES string of the molecule is O=C(O)N(CBr)c1ccccc1. The number of hydrogen-bond donors (Lipinski definition) is 1. The molecule has 12 heavy (non-hydrogen) atoms. The van der Waals surface area contributed by atoms with Crippen LogP contribution in [-0.2, 0) is 0 Å². The van der Waals surface area contributed by atoms with Crippen LogP contribution < -0.4 is 4.90 Å². The predicted octanol–water partition coefficient (Wildman–Crippen LogP) is 2.52. The van der Waals surface area contributed by atoms with Crippen molar-refractivity contribution in [1.29, 1.82) is 0 Å². The van der Waals surface area contributed by atoms with Gasteiger partial charge in [0.1, 0.15) is 0 Å². The first-order valence-electron chi connectivity index (χ1n) is 3.37. The third kappa shape index (κ3) is 1.98. The molecule has 64 valence electrons. The highest BCUT2D eigenvalue weighted by atomic mass is 79.9. The molecule has 0 saturated carbocycles. The van der Waals surface area contributed by atoms with E-state index in [1.807, 2.05) is 6.07 Å². The summed E-state index contributed by atoms with van der Waals surface area (Å²) in [5.74, 6) is 0. The number of carbonyl (C=O) groups is 1. The first kappa shape index (κ1) is 9.06. The van der Waals surface area contributed by atoms with E-state index < -0.39 is 6.09 Å². The molecule has 3 nitrogen and oxygen atoms in total. The minimum atomic E-state index is -0.960. The summed E-state index contributed by atoms with van der Waals surface area (Å²) in [4.78, 5) is 11.8. The number of halogens is 1. The number of alkyl halides is 1. The van der Waals surface area contributed by atoms with Gasteiger partial charge in [0.15, 0.2) is 0 Å². The molecule has 1 N–H and O–H groups in total. The van der Waals surface area contributed by atoms with Gasteiger partial charge in [0.25, 0.3) is 0 Å². The van der Waals surface area contributed by atoms with Crippen molar-refractivity contribution in [3.8, 4) is 0 Å². The fourth-order valence-electron chi connectivity index (χ4n) is 0.839. The zero-order valence-electron chi connectivity index (χ0n) is 6.27. The zero-order chi connectivity index (χ0) is 8.97. The molecule has 1 amide bonds. The average Bonchev–Trinajstić information content (AvgIpc) is 2.07. The van der Waals surface area contributed by atoms with Crippen molar-refractivity contribution in [2.24, 2.45) is 0 Å². The van der Waals surface area contributed by atoms with Crippen molar-refractivity contribution >= 4 is 27.7 Å². The summed E-state index contributed by atoms with van der Waals surface area (Å²) in [5, 5.41) is 8.72. The number of rotatable bonds is 2. The van der Waals surface area contributed by atoms with Gasteiger partial charge in [-0.3, -0.25) is 4.90 Å². The molecule has 0 bridgehead atoms. The molecule has 1 aromatic rings. The Morgan fingerprint density at radius 3 is 2.42 bits per heavy atom. The van der Waals surface area contributed by atoms with Crippen LogP contribution in [0, 0.1) is 0 Å². The fraction of sp³-hybridized carbons (Fsp3) is 0.125. The van der Waals surface area contributed by atoms with Crippen LogP contribution in [0.15, 0.2) is 30.3 Å². The van der Waals surface area contributed by atoms with Crippen LogP contribution in [0.5, 0.6) is 0 Å². The molecule has 0 unspecified atom stereocenters. The standard InChI is InChI=1S/C8H8BrNO2/c9-6-10(8(11)12)7-4-2-1-3-5-7/h1-5H,6H2,(H,11,12). The largest absolute Gasteiger partial charge is 0.465 e. The van der Waals surface area contributed by atoms with Crippen LogP contribution in [0.4, 0.5) is 10.5 Å². The summed E-state index contributed by atoms with van der Waals surface area (Å²) in [5.41, 5.74) is 0.952. The highest BCUT2D eigenvalue weighted by molar-refractivity contribution is 9.09. The van der Waals surface area contributed by atoms with Crippen molar-refractivity contribution in [3.63, 3.8) is 0 Å². The molecule has 0 aliphatic heterocycles. The van der Waals surface area contributed by atoms with E-state index >= 15 is 0 Å². The lowest BCUT2D eigenvalue weighted by atomic mass is 10.3. The third-order valence-corrected chi connectivity index (χ3v) is 1.92. The van der Waals surface area contributed by atoms with E-state index in [4.69, 9.17) is 5.11 Å². The normalized spacial score (nSPS) is 9.42. The Balaban J connectivity index is 2.88. The van der Waals surface area contributed by atoms with Gasteiger partial charge in [-0.15, -0.1) is 0 Å². The number of anilines is 1. The topological polar surface area (TPSA) is 40.5 Å². The van der Waals surface area contributed by atoms with E-state index in [0.29, 0.717) is 5.69 Å². The van der Waals surface area contributed by atoms with Crippen molar-refractivity contribution in [1.82, 2.24) is 0 Å². The van der Waals surface area contributed by atoms with Gasteiger partial charge in [-0.2, -0.15) is 0 Å². The van der Waals surface area contributed by atoms with Gasteiger partial charge >= 0.3 is 6.09 Å². The molecule has 0 aromatic heterocycles. The van der Waals surface area contributed by atoms with Crippen molar-refractivity contribution < 1.29 is 9.90 Å². The molecular weight excluding hydrogens is 222 g/mol. The third-order valence-electron chi connectivity index (χ3n) is 1.42. The van der Waals surface area contributed by atoms with Crippen LogP contribution in [0.25, 0.3) is 0 Å². The van der Waals surface area contributed by atoms with E-state index in [1.165, 1.54) is 4.90 Å². The molecule has 0 aliphatic carbocycles. The summed E-state index contributed by atoms with van der Waals surface area (Å²) in [7, 11) is 0. The quantitative estimate of drug-likeness (QED) is 0.626. The second-order valence-electron chi connectivity index (χ2n) is 2.17.